The number of alkyl halides is 3. The largest absolute Gasteiger partial charge is 0.417 e. The molecule has 0 aliphatic carbocycles. The fourth-order valence-electron chi connectivity index (χ4n) is 3.36. The molecular weight excluding hydrogens is 381 g/mol. The molecule has 0 saturated carbocycles. The number of carbonyl (C=O) groups is 1. The first-order chi connectivity index (χ1) is 13.7. The second-order valence-electron chi connectivity index (χ2n) is 6.82. The van der Waals surface area contributed by atoms with Crippen molar-refractivity contribution in [1.82, 2.24) is 9.38 Å². The number of nitrogens with one attached hydrogen (secondary N) is 1. The van der Waals surface area contributed by atoms with Crippen molar-refractivity contribution in [3.8, 4) is 0 Å². The van der Waals surface area contributed by atoms with E-state index in [4.69, 9.17) is 0 Å². The summed E-state index contributed by atoms with van der Waals surface area (Å²) in [7, 11) is 0. The van der Waals surface area contributed by atoms with E-state index in [0.717, 1.165) is 36.6 Å². The highest BCUT2D eigenvalue weighted by atomic mass is 19.4. The highest BCUT2D eigenvalue weighted by molar-refractivity contribution is 6.05. The van der Waals surface area contributed by atoms with Gasteiger partial charge in [0.05, 0.1) is 11.3 Å². The lowest BCUT2D eigenvalue weighted by Gasteiger charge is -2.22. The minimum Gasteiger partial charge on any atom is -0.372 e. The fraction of sp³-hybridized carbons (Fsp3) is 0.333. The summed E-state index contributed by atoms with van der Waals surface area (Å²) in [5.74, 6) is -0.506. The number of rotatable bonds is 5. The van der Waals surface area contributed by atoms with E-state index < -0.39 is 17.6 Å². The molecule has 5 nitrogen and oxygen atoms in total. The Hall–Kier alpha value is -3.03. The summed E-state index contributed by atoms with van der Waals surface area (Å²) in [4.78, 5) is 19.3. The van der Waals surface area contributed by atoms with E-state index in [1.54, 1.807) is 13.0 Å². The first kappa shape index (κ1) is 20.7. The third-order valence-electron chi connectivity index (χ3n) is 4.92. The number of hydrogen-bond donors (Lipinski definition) is 1. The predicted molar refractivity (Wildman–Crippen MR) is 108 cm³/mol. The molecule has 1 N–H and O–H groups in total. The Labute approximate surface area is 167 Å². The normalized spacial score (nSPS) is 11.7. The summed E-state index contributed by atoms with van der Waals surface area (Å²) >= 11 is 0. The molecule has 3 aromatic rings. The zero-order valence-electron chi connectivity index (χ0n) is 16.8. The maximum atomic E-state index is 13.1. The third-order valence-corrected chi connectivity index (χ3v) is 4.92. The number of nitrogens with zero attached hydrogens (tertiary/aromatic N) is 3. The van der Waals surface area contributed by atoms with E-state index in [2.05, 4.69) is 29.0 Å². The van der Waals surface area contributed by atoms with Gasteiger partial charge in [0.25, 0.3) is 5.91 Å². The number of benzene rings is 1. The maximum Gasteiger partial charge on any atom is 0.417 e. The van der Waals surface area contributed by atoms with Gasteiger partial charge >= 0.3 is 6.18 Å². The Bertz CT molecular complexity index is 1050. The lowest BCUT2D eigenvalue weighted by atomic mass is 10.1. The number of aryl methyl sites for hydroxylation is 2. The van der Waals surface area contributed by atoms with Crippen LogP contribution in [0.15, 0.2) is 36.5 Å². The van der Waals surface area contributed by atoms with E-state index in [1.807, 2.05) is 19.1 Å². The topological polar surface area (TPSA) is 49.6 Å². The van der Waals surface area contributed by atoms with Crippen LogP contribution < -0.4 is 10.2 Å². The van der Waals surface area contributed by atoms with Gasteiger partial charge in [-0.3, -0.25) is 9.20 Å². The second kappa shape index (κ2) is 7.77. The Morgan fingerprint density at radius 2 is 1.83 bits per heavy atom. The van der Waals surface area contributed by atoms with E-state index >= 15 is 0 Å². The van der Waals surface area contributed by atoms with Gasteiger partial charge in [0.1, 0.15) is 11.3 Å². The number of imidazole rings is 1. The molecule has 0 unspecified atom stereocenters. The molecule has 0 radical (unpaired) electrons. The molecule has 8 heteroatoms. The van der Waals surface area contributed by atoms with Crippen LogP contribution in [0.25, 0.3) is 5.65 Å². The van der Waals surface area contributed by atoms with Crippen molar-refractivity contribution < 1.29 is 18.0 Å². The Kier molecular flexibility index (Phi) is 5.55. The van der Waals surface area contributed by atoms with E-state index in [1.165, 1.54) is 10.5 Å². The van der Waals surface area contributed by atoms with Crippen molar-refractivity contribution in [3.63, 3.8) is 0 Å². The summed E-state index contributed by atoms with van der Waals surface area (Å²) in [5.41, 5.74) is 2.41. The number of halogens is 3. The Morgan fingerprint density at radius 1 is 1.14 bits per heavy atom. The van der Waals surface area contributed by atoms with Crippen molar-refractivity contribution in [3.05, 3.63) is 59.0 Å². The van der Waals surface area contributed by atoms with E-state index in [9.17, 15) is 18.0 Å². The van der Waals surface area contributed by atoms with Gasteiger partial charge in [-0.1, -0.05) is 0 Å². The van der Waals surface area contributed by atoms with Crippen LogP contribution in [-0.2, 0) is 6.18 Å². The molecule has 2 heterocycles. The van der Waals surface area contributed by atoms with Crippen molar-refractivity contribution in [2.75, 3.05) is 23.3 Å². The Balaban J connectivity index is 1.95. The Morgan fingerprint density at radius 3 is 2.41 bits per heavy atom. The smallest absolute Gasteiger partial charge is 0.372 e. The zero-order chi connectivity index (χ0) is 21.3. The van der Waals surface area contributed by atoms with Crippen LogP contribution >= 0.6 is 0 Å². The van der Waals surface area contributed by atoms with Crippen LogP contribution in [0.1, 0.15) is 41.2 Å². The SMILES string of the molecule is CCN(CC)c1ccc(NC(=O)c2c(C)nc3ccc(C(F)(F)F)cn23)c(C)c1. The maximum absolute atomic E-state index is 13.1. The number of pyridine rings is 1. The quantitative estimate of drug-likeness (QED) is 0.646. The standard InChI is InChI=1S/C21H23F3N4O/c1-5-27(6-2)16-8-9-17(13(3)11-16)26-20(29)19-14(4)25-18-10-7-15(12-28(18)19)21(22,23)24/h7-12H,5-6H2,1-4H3,(H,26,29). The fourth-order valence-corrected chi connectivity index (χ4v) is 3.36. The van der Waals surface area contributed by atoms with Gasteiger partial charge in [0, 0.05) is 30.7 Å². The monoisotopic (exact) mass is 404 g/mol. The van der Waals surface area contributed by atoms with Crippen LogP contribution in [-0.4, -0.2) is 28.4 Å². The van der Waals surface area contributed by atoms with Crippen LogP contribution in [0.3, 0.4) is 0 Å². The molecule has 1 amide bonds. The van der Waals surface area contributed by atoms with E-state index in [-0.39, 0.29) is 11.3 Å². The van der Waals surface area contributed by atoms with Crippen molar-refractivity contribution in [2.45, 2.75) is 33.9 Å². The number of aromatic nitrogens is 2. The molecule has 0 saturated heterocycles. The third kappa shape index (κ3) is 4.06. The lowest BCUT2D eigenvalue weighted by Crippen LogP contribution is -2.22. The summed E-state index contributed by atoms with van der Waals surface area (Å²) in [6.45, 7) is 9.35. The predicted octanol–water partition coefficient (Wildman–Crippen LogP) is 5.07. The summed E-state index contributed by atoms with van der Waals surface area (Å²) in [5, 5.41) is 2.81. The number of amides is 1. The highest BCUT2D eigenvalue weighted by Crippen LogP contribution is 2.30. The highest BCUT2D eigenvalue weighted by Gasteiger charge is 2.31. The first-order valence-corrected chi connectivity index (χ1v) is 9.38. The minimum atomic E-state index is -4.50. The molecule has 0 aliphatic heterocycles. The molecule has 0 fully saturated rings. The van der Waals surface area contributed by atoms with Gasteiger partial charge in [-0.2, -0.15) is 13.2 Å². The lowest BCUT2D eigenvalue weighted by molar-refractivity contribution is -0.137. The summed E-state index contributed by atoms with van der Waals surface area (Å²) in [6, 6.07) is 7.92. The van der Waals surface area contributed by atoms with Crippen LogP contribution in [0, 0.1) is 13.8 Å². The zero-order valence-corrected chi connectivity index (χ0v) is 16.8. The van der Waals surface area contributed by atoms with Crippen molar-refractivity contribution >= 4 is 22.9 Å². The molecule has 0 aliphatic rings. The average Bonchev–Trinajstić information content (AvgIpc) is 2.99. The van der Waals surface area contributed by atoms with Crippen LogP contribution in [0.2, 0.25) is 0 Å². The number of carbonyl (C=O) groups excluding carboxylic acids is 1. The van der Waals surface area contributed by atoms with Crippen molar-refractivity contribution in [1.29, 1.82) is 0 Å². The van der Waals surface area contributed by atoms with Gasteiger partial charge in [0.15, 0.2) is 0 Å². The van der Waals surface area contributed by atoms with Crippen molar-refractivity contribution in [2.24, 2.45) is 0 Å². The molecule has 0 bridgehead atoms. The summed E-state index contributed by atoms with van der Waals surface area (Å²) in [6.07, 6.45) is -3.60. The number of hydrogen-bond acceptors (Lipinski definition) is 3. The first-order valence-electron chi connectivity index (χ1n) is 9.38. The molecule has 0 spiro atoms. The molecule has 3 rings (SSSR count). The van der Waals surface area contributed by atoms with Gasteiger partial charge < -0.3 is 10.2 Å². The second-order valence-corrected chi connectivity index (χ2v) is 6.82. The van der Waals surface area contributed by atoms with E-state index in [0.29, 0.717) is 11.4 Å². The number of fused-ring (bicyclic) bond motifs is 1. The van der Waals surface area contributed by atoms with Crippen LogP contribution in [0.4, 0.5) is 24.5 Å². The minimum absolute atomic E-state index is 0.0818. The van der Waals surface area contributed by atoms with Gasteiger partial charge in [-0.25, -0.2) is 4.98 Å². The molecule has 0 atom stereocenters. The van der Waals surface area contributed by atoms with Gasteiger partial charge in [-0.05, 0) is 63.6 Å². The molecular formula is C21H23F3N4O. The molecule has 154 valence electrons. The van der Waals surface area contributed by atoms with Gasteiger partial charge in [-0.15, -0.1) is 0 Å². The van der Waals surface area contributed by atoms with Gasteiger partial charge in [0.2, 0.25) is 0 Å². The molecule has 1 aromatic carbocycles. The molecule has 2 aromatic heterocycles. The van der Waals surface area contributed by atoms with Crippen LogP contribution in [0.5, 0.6) is 0 Å². The average molecular weight is 404 g/mol. The molecule has 29 heavy (non-hydrogen) atoms. The number of anilines is 2. The summed E-state index contributed by atoms with van der Waals surface area (Å²) < 4.78 is 40.4.